The van der Waals surface area contributed by atoms with Crippen LogP contribution >= 0.6 is 0 Å². The largest absolute Gasteiger partial charge is 0.497 e. The van der Waals surface area contributed by atoms with Gasteiger partial charge in [0.2, 0.25) is 0 Å². The summed E-state index contributed by atoms with van der Waals surface area (Å²) in [5.74, 6) is 1.71. The molecule has 0 saturated carbocycles. The standard InChI is InChI=1S/C17H29NO/c1-6-13(3)12-16(7-2)18-14(4)15-8-10-17(19-5)11-9-15/h8-11,13-14,16,18H,6-7,12H2,1-5H3. The first-order valence-electron chi connectivity index (χ1n) is 7.50. The number of hydrogen-bond acceptors (Lipinski definition) is 2. The number of methoxy groups -OCH3 is 1. The molecule has 0 aromatic heterocycles. The lowest BCUT2D eigenvalue weighted by Crippen LogP contribution is -2.32. The summed E-state index contributed by atoms with van der Waals surface area (Å²) >= 11 is 0. The van der Waals surface area contributed by atoms with Crippen LogP contribution in [-0.4, -0.2) is 13.2 Å². The predicted octanol–water partition coefficient (Wildman–Crippen LogP) is 4.56. The summed E-state index contributed by atoms with van der Waals surface area (Å²) in [7, 11) is 1.70. The molecule has 2 nitrogen and oxygen atoms in total. The first-order valence-corrected chi connectivity index (χ1v) is 7.50. The van der Waals surface area contributed by atoms with E-state index in [9.17, 15) is 0 Å². The van der Waals surface area contributed by atoms with E-state index >= 15 is 0 Å². The second-order valence-electron chi connectivity index (χ2n) is 5.52. The fourth-order valence-corrected chi connectivity index (χ4v) is 2.35. The highest BCUT2D eigenvalue weighted by Gasteiger charge is 2.14. The third kappa shape index (κ3) is 5.23. The van der Waals surface area contributed by atoms with Crippen LogP contribution in [-0.2, 0) is 0 Å². The number of rotatable bonds is 8. The molecule has 0 fully saturated rings. The lowest BCUT2D eigenvalue weighted by molar-refractivity contribution is 0.358. The van der Waals surface area contributed by atoms with E-state index < -0.39 is 0 Å². The van der Waals surface area contributed by atoms with Gasteiger partial charge in [-0.05, 0) is 43.4 Å². The van der Waals surface area contributed by atoms with Crippen molar-refractivity contribution in [2.45, 2.75) is 59.0 Å². The minimum absolute atomic E-state index is 0.389. The van der Waals surface area contributed by atoms with Crippen molar-refractivity contribution in [1.29, 1.82) is 0 Å². The van der Waals surface area contributed by atoms with E-state index in [0.717, 1.165) is 11.7 Å². The molecule has 0 spiro atoms. The quantitative estimate of drug-likeness (QED) is 0.742. The maximum absolute atomic E-state index is 5.20. The fourth-order valence-electron chi connectivity index (χ4n) is 2.35. The van der Waals surface area contributed by atoms with E-state index in [1.165, 1.54) is 24.8 Å². The molecule has 1 rings (SSSR count). The highest BCUT2D eigenvalue weighted by Crippen LogP contribution is 2.20. The fraction of sp³-hybridized carbons (Fsp3) is 0.647. The number of hydrogen-bond donors (Lipinski definition) is 1. The molecule has 2 heteroatoms. The molecule has 0 aliphatic carbocycles. The number of ether oxygens (including phenoxy) is 1. The molecule has 0 heterocycles. The first kappa shape index (κ1) is 16.0. The van der Waals surface area contributed by atoms with Gasteiger partial charge in [-0.3, -0.25) is 0 Å². The normalized spacial score (nSPS) is 15.8. The maximum Gasteiger partial charge on any atom is 0.118 e. The summed E-state index contributed by atoms with van der Waals surface area (Å²) in [6.07, 6.45) is 3.70. The maximum atomic E-state index is 5.20. The van der Waals surface area contributed by atoms with Gasteiger partial charge in [0.25, 0.3) is 0 Å². The lowest BCUT2D eigenvalue weighted by Gasteiger charge is -2.25. The third-order valence-corrected chi connectivity index (χ3v) is 3.98. The molecular formula is C17H29NO. The number of nitrogens with one attached hydrogen (secondary N) is 1. The summed E-state index contributed by atoms with van der Waals surface area (Å²) in [6.45, 7) is 9.11. The van der Waals surface area contributed by atoms with Crippen molar-refractivity contribution in [1.82, 2.24) is 5.32 Å². The molecule has 0 aliphatic rings. The Morgan fingerprint density at radius 1 is 1.05 bits per heavy atom. The molecule has 3 unspecified atom stereocenters. The van der Waals surface area contributed by atoms with Gasteiger partial charge in [0.15, 0.2) is 0 Å². The van der Waals surface area contributed by atoms with Gasteiger partial charge in [0, 0.05) is 12.1 Å². The molecule has 1 aromatic rings. The van der Waals surface area contributed by atoms with Crippen LogP contribution in [0.25, 0.3) is 0 Å². The molecule has 0 saturated heterocycles. The zero-order valence-corrected chi connectivity index (χ0v) is 13.1. The summed E-state index contributed by atoms with van der Waals surface area (Å²) < 4.78 is 5.20. The molecule has 19 heavy (non-hydrogen) atoms. The molecule has 0 aliphatic heterocycles. The Balaban J connectivity index is 2.57. The monoisotopic (exact) mass is 263 g/mol. The van der Waals surface area contributed by atoms with E-state index in [2.05, 4.69) is 45.1 Å². The van der Waals surface area contributed by atoms with Gasteiger partial charge in [-0.15, -0.1) is 0 Å². The minimum Gasteiger partial charge on any atom is -0.497 e. The second-order valence-corrected chi connectivity index (χ2v) is 5.52. The van der Waals surface area contributed by atoms with Crippen molar-refractivity contribution in [3.05, 3.63) is 29.8 Å². The van der Waals surface area contributed by atoms with Gasteiger partial charge in [-0.2, -0.15) is 0 Å². The summed E-state index contributed by atoms with van der Waals surface area (Å²) in [6, 6.07) is 9.34. The second kappa shape index (κ2) is 8.21. The van der Waals surface area contributed by atoms with Crippen LogP contribution in [0, 0.1) is 5.92 Å². The predicted molar refractivity (Wildman–Crippen MR) is 82.7 cm³/mol. The molecule has 108 valence electrons. The van der Waals surface area contributed by atoms with E-state index in [4.69, 9.17) is 4.74 Å². The van der Waals surface area contributed by atoms with E-state index in [1.54, 1.807) is 7.11 Å². The van der Waals surface area contributed by atoms with Crippen molar-refractivity contribution in [2.75, 3.05) is 7.11 Å². The van der Waals surface area contributed by atoms with Crippen molar-refractivity contribution < 1.29 is 4.74 Å². The summed E-state index contributed by atoms with van der Waals surface area (Å²) in [5.41, 5.74) is 1.32. The Morgan fingerprint density at radius 3 is 2.16 bits per heavy atom. The summed E-state index contributed by atoms with van der Waals surface area (Å²) in [4.78, 5) is 0. The van der Waals surface area contributed by atoms with Gasteiger partial charge in [0.1, 0.15) is 5.75 Å². The molecular weight excluding hydrogens is 234 g/mol. The van der Waals surface area contributed by atoms with Crippen LogP contribution in [0.15, 0.2) is 24.3 Å². The topological polar surface area (TPSA) is 21.3 Å². The van der Waals surface area contributed by atoms with Gasteiger partial charge >= 0.3 is 0 Å². The summed E-state index contributed by atoms with van der Waals surface area (Å²) in [5, 5.41) is 3.74. The molecule has 1 aromatic carbocycles. The molecule has 0 amide bonds. The average molecular weight is 263 g/mol. The van der Waals surface area contributed by atoms with Gasteiger partial charge < -0.3 is 10.1 Å². The van der Waals surface area contributed by atoms with Crippen LogP contribution in [0.5, 0.6) is 5.75 Å². The Bertz CT molecular complexity index is 347. The van der Waals surface area contributed by atoms with Crippen molar-refractivity contribution in [3.8, 4) is 5.75 Å². The molecule has 3 atom stereocenters. The Morgan fingerprint density at radius 2 is 1.68 bits per heavy atom. The van der Waals surface area contributed by atoms with Gasteiger partial charge in [0.05, 0.1) is 7.11 Å². The van der Waals surface area contributed by atoms with Crippen molar-refractivity contribution in [3.63, 3.8) is 0 Å². The first-order chi connectivity index (χ1) is 9.10. The molecule has 0 radical (unpaired) electrons. The molecule has 0 bridgehead atoms. The molecule has 1 N–H and O–H groups in total. The van der Waals surface area contributed by atoms with Crippen LogP contribution in [0.4, 0.5) is 0 Å². The lowest BCUT2D eigenvalue weighted by atomic mass is 9.96. The SMILES string of the molecule is CCC(C)CC(CC)NC(C)c1ccc(OC)cc1. The van der Waals surface area contributed by atoms with E-state index in [0.29, 0.717) is 12.1 Å². The zero-order chi connectivity index (χ0) is 14.3. The van der Waals surface area contributed by atoms with Gasteiger partial charge in [-0.1, -0.05) is 39.3 Å². The number of benzene rings is 1. The Hall–Kier alpha value is -1.02. The smallest absolute Gasteiger partial charge is 0.118 e. The van der Waals surface area contributed by atoms with Crippen LogP contribution in [0.3, 0.4) is 0 Å². The van der Waals surface area contributed by atoms with Crippen LogP contribution < -0.4 is 10.1 Å². The zero-order valence-electron chi connectivity index (χ0n) is 13.1. The van der Waals surface area contributed by atoms with Crippen LogP contribution in [0.2, 0.25) is 0 Å². The Kier molecular flexibility index (Phi) is 6.93. The highest BCUT2D eigenvalue weighted by atomic mass is 16.5. The minimum atomic E-state index is 0.389. The van der Waals surface area contributed by atoms with Crippen molar-refractivity contribution >= 4 is 0 Å². The van der Waals surface area contributed by atoms with E-state index in [-0.39, 0.29) is 0 Å². The average Bonchev–Trinajstić information content (AvgIpc) is 2.46. The Labute approximate surface area is 118 Å². The highest BCUT2D eigenvalue weighted by molar-refractivity contribution is 5.28. The van der Waals surface area contributed by atoms with E-state index in [1.807, 2.05) is 12.1 Å². The third-order valence-electron chi connectivity index (χ3n) is 3.98. The van der Waals surface area contributed by atoms with Crippen molar-refractivity contribution in [2.24, 2.45) is 5.92 Å². The van der Waals surface area contributed by atoms with Gasteiger partial charge in [-0.25, -0.2) is 0 Å². The van der Waals surface area contributed by atoms with Crippen LogP contribution in [0.1, 0.15) is 58.6 Å².